The van der Waals surface area contributed by atoms with Crippen LogP contribution >= 0.6 is 0 Å². The van der Waals surface area contributed by atoms with Crippen molar-refractivity contribution in [1.82, 2.24) is 10.6 Å². The summed E-state index contributed by atoms with van der Waals surface area (Å²) in [5.41, 5.74) is 2.05. The number of nitrogens with one attached hydrogen (secondary N) is 2. The summed E-state index contributed by atoms with van der Waals surface area (Å²) in [5.74, 6) is -0.643. The minimum Gasteiger partial charge on any atom is -0.355 e. The van der Waals surface area contributed by atoms with Crippen molar-refractivity contribution in [3.8, 4) is 0 Å². The quantitative estimate of drug-likeness (QED) is 0.764. The number of carbonyl (C=O) groups is 3. The first-order valence-electron chi connectivity index (χ1n) is 7.92. The molecule has 23 heavy (non-hydrogen) atoms. The van der Waals surface area contributed by atoms with Gasteiger partial charge >= 0.3 is 0 Å². The molecule has 1 aromatic rings. The van der Waals surface area contributed by atoms with E-state index in [0.717, 1.165) is 12.1 Å². The van der Waals surface area contributed by atoms with E-state index >= 15 is 0 Å². The van der Waals surface area contributed by atoms with Gasteiger partial charge in [-0.25, -0.2) is 0 Å². The lowest BCUT2D eigenvalue weighted by Gasteiger charge is -2.17. The van der Waals surface area contributed by atoms with Gasteiger partial charge in [0.25, 0.3) is 0 Å². The van der Waals surface area contributed by atoms with Crippen LogP contribution in [0, 0.1) is 5.92 Å². The monoisotopic (exact) mass is 317 g/mol. The highest BCUT2D eigenvalue weighted by atomic mass is 16.2. The Morgan fingerprint density at radius 3 is 2.43 bits per heavy atom. The topological polar surface area (TPSA) is 78.5 Å². The van der Waals surface area contributed by atoms with E-state index in [9.17, 15) is 14.4 Å². The van der Waals surface area contributed by atoms with Gasteiger partial charge < -0.3 is 15.5 Å². The normalized spacial score (nSPS) is 17.2. The molecule has 0 bridgehead atoms. The molecule has 0 spiro atoms. The van der Waals surface area contributed by atoms with E-state index in [0.29, 0.717) is 19.6 Å². The zero-order valence-corrected chi connectivity index (χ0v) is 13.6. The summed E-state index contributed by atoms with van der Waals surface area (Å²) < 4.78 is 0. The number of anilines is 1. The molecule has 0 radical (unpaired) electrons. The van der Waals surface area contributed by atoms with Gasteiger partial charge in [0.15, 0.2) is 0 Å². The Morgan fingerprint density at radius 2 is 1.83 bits per heavy atom. The number of rotatable bonds is 6. The fraction of sp³-hybridized carbons (Fsp3) is 0.471. The Balaban J connectivity index is 1.88. The summed E-state index contributed by atoms with van der Waals surface area (Å²) in [6.45, 7) is 4.67. The van der Waals surface area contributed by atoms with Gasteiger partial charge in [-0.1, -0.05) is 19.1 Å². The molecule has 1 unspecified atom stereocenters. The first kappa shape index (κ1) is 17.0. The molecule has 1 aliphatic heterocycles. The second-order valence-electron chi connectivity index (χ2n) is 5.70. The first-order chi connectivity index (χ1) is 11.0. The Bertz CT molecular complexity index is 583. The minimum absolute atomic E-state index is 0.0312. The van der Waals surface area contributed by atoms with Crippen LogP contribution in [-0.4, -0.2) is 37.4 Å². The summed E-state index contributed by atoms with van der Waals surface area (Å²) in [6, 6.07) is 7.86. The number of nitrogens with zero attached hydrogens (tertiary/aromatic N) is 1. The molecule has 0 aliphatic carbocycles. The molecular formula is C17H23N3O3. The van der Waals surface area contributed by atoms with Gasteiger partial charge in [0, 0.05) is 38.7 Å². The highest BCUT2D eigenvalue weighted by Crippen LogP contribution is 2.25. The minimum atomic E-state index is -0.342. The van der Waals surface area contributed by atoms with Crippen LogP contribution in [0.4, 0.5) is 5.69 Å². The zero-order valence-electron chi connectivity index (χ0n) is 13.6. The molecule has 2 N–H and O–H groups in total. The number of carbonyl (C=O) groups excluding carboxylic acids is 3. The standard InChI is InChI=1S/C17H23N3O3/c1-3-13-4-6-15(7-5-13)20-11-14(10-16(20)22)17(23)19-9-8-18-12(2)21/h4-7,14H,3,8-11H2,1-2H3,(H,18,21)(H,19,23). The SMILES string of the molecule is CCc1ccc(N2CC(C(=O)NCCNC(C)=O)CC2=O)cc1. The molecule has 6 heteroatoms. The summed E-state index contributed by atoms with van der Waals surface area (Å²) in [7, 11) is 0. The first-order valence-corrected chi connectivity index (χ1v) is 7.92. The number of amides is 3. The molecule has 2 rings (SSSR count). The highest BCUT2D eigenvalue weighted by Gasteiger charge is 2.34. The van der Waals surface area contributed by atoms with Gasteiger partial charge in [0.05, 0.1) is 5.92 Å². The maximum atomic E-state index is 12.2. The van der Waals surface area contributed by atoms with Crippen LogP contribution in [0.2, 0.25) is 0 Å². The maximum Gasteiger partial charge on any atom is 0.227 e. The lowest BCUT2D eigenvalue weighted by Crippen LogP contribution is -2.37. The Morgan fingerprint density at radius 1 is 1.17 bits per heavy atom. The second kappa shape index (κ2) is 7.76. The summed E-state index contributed by atoms with van der Waals surface area (Å²) >= 11 is 0. The van der Waals surface area contributed by atoms with Crippen molar-refractivity contribution in [2.45, 2.75) is 26.7 Å². The van der Waals surface area contributed by atoms with Crippen LogP contribution in [-0.2, 0) is 20.8 Å². The van der Waals surface area contributed by atoms with Gasteiger partial charge in [-0.3, -0.25) is 14.4 Å². The molecule has 0 aromatic heterocycles. The van der Waals surface area contributed by atoms with Crippen molar-refractivity contribution in [2.24, 2.45) is 5.92 Å². The van der Waals surface area contributed by atoms with Crippen LogP contribution < -0.4 is 15.5 Å². The molecule has 1 atom stereocenters. The van der Waals surface area contributed by atoms with Crippen LogP contribution in [0.25, 0.3) is 0 Å². The van der Waals surface area contributed by atoms with Crippen molar-refractivity contribution in [2.75, 3.05) is 24.5 Å². The lowest BCUT2D eigenvalue weighted by molar-refractivity contribution is -0.126. The van der Waals surface area contributed by atoms with Crippen LogP contribution in [0.1, 0.15) is 25.8 Å². The van der Waals surface area contributed by atoms with E-state index in [1.54, 1.807) is 4.90 Å². The molecule has 0 saturated carbocycles. The molecule has 1 saturated heterocycles. The molecule has 124 valence electrons. The fourth-order valence-corrected chi connectivity index (χ4v) is 2.61. The second-order valence-corrected chi connectivity index (χ2v) is 5.70. The van der Waals surface area contributed by atoms with E-state index < -0.39 is 0 Å². The van der Waals surface area contributed by atoms with Crippen LogP contribution in [0.3, 0.4) is 0 Å². The van der Waals surface area contributed by atoms with Crippen molar-refractivity contribution in [1.29, 1.82) is 0 Å². The average Bonchev–Trinajstić information content (AvgIpc) is 2.93. The maximum absolute atomic E-state index is 12.2. The van der Waals surface area contributed by atoms with Gasteiger partial charge in [0.1, 0.15) is 0 Å². The van der Waals surface area contributed by atoms with E-state index in [-0.39, 0.29) is 30.1 Å². The van der Waals surface area contributed by atoms with Crippen molar-refractivity contribution in [3.63, 3.8) is 0 Å². The molecule has 6 nitrogen and oxygen atoms in total. The van der Waals surface area contributed by atoms with Crippen molar-refractivity contribution in [3.05, 3.63) is 29.8 Å². The van der Waals surface area contributed by atoms with Crippen molar-refractivity contribution >= 4 is 23.4 Å². The summed E-state index contributed by atoms with van der Waals surface area (Å²) in [6.07, 6.45) is 1.18. The molecule has 1 aromatic carbocycles. The Hall–Kier alpha value is -2.37. The van der Waals surface area contributed by atoms with Gasteiger partial charge in [-0.15, -0.1) is 0 Å². The Labute approximate surface area is 136 Å². The number of hydrogen-bond acceptors (Lipinski definition) is 3. The number of aryl methyl sites for hydroxylation is 1. The smallest absolute Gasteiger partial charge is 0.227 e. The number of benzene rings is 1. The highest BCUT2D eigenvalue weighted by molar-refractivity contribution is 6.00. The van der Waals surface area contributed by atoms with E-state index in [1.165, 1.54) is 12.5 Å². The fourth-order valence-electron chi connectivity index (χ4n) is 2.61. The lowest BCUT2D eigenvalue weighted by atomic mass is 10.1. The van der Waals surface area contributed by atoms with Gasteiger partial charge in [-0.2, -0.15) is 0 Å². The summed E-state index contributed by atoms with van der Waals surface area (Å²) in [5, 5.41) is 5.37. The van der Waals surface area contributed by atoms with Crippen molar-refractivity contribution < 1.29 is 14.4 Å². The third-order valence-corrected chi connectivity index (χ3v) is 3.95. The average molecular weight is 317 g/mol. The largest absolute Gasteiger partial charge is 0.355 e. The number of hydrogen-bond donors (Lipinski definition) is 2. The zero-order chi connectivity index (χ0) is 16.8. The predicted octanol–water partition coefficient (Wildman–Crippen LogP) is 0.854. The third-order valence-electron chi connectivity index (χ3n) is 3.95. The molecule has 1 aliphatic rings. The molecule has 1 heterocycles. The van der Waals surface area contributed by atoms with E-state index in [1.807, 2.05) is 24.3 Å². The van der Waals surface area contributed by atoms with Gasteiger partial charge in [-0.05, 0) is 24.1 Å². The molecule has 3 amide bonds. The Kier molecular flexibility index (Phi) is 5.73. The van der Waals surface area contributed by atoms with E-state index in [2.05, 4.69) is 17.6 Å². The molecular weight excluding hydrogens is 294 g/mol. The molecule has 1 fully saturated rings. The van der Waals surface area contributed by atoms with Crippen LogP contribution in [0.5, 0.6) is 0 Å². The summed E-state index contributed by atoms with van der Waals surface area (Å²) in [4.78, 5) is 36.7. The van der Waals surface area contributed by atoms with Crippen LogP contribution in [0.15, 0.2) is 24.3 Å². The van der Waals surface area contributed by atoms with E-state index in [4.69, 9.17) is 0 Å². The van der Waals surface area contributed by atoms with Gasteiger partial charge in [0.2, 0.25) is 17.7 Å². The predicted molar refractivity (Wildman–Crippen MR) is 88.0 cm³/mol. The third kappa shape index (κ3) is 4.55.